The van der Waals surface area contributed by atoms with Crippen molar-refractivity contribution in [1.82, 2.24) is 10.2 Å². The van der Waals surface area contributed by atoms with Crippen LogP contribution in [0.15, 0.2) is 30.3 Å². The third-order valence-corrected chi connectivity index (χ3v) is 3.72. The summed E-state index contributed by atoms with van der Waals surface area (Å²) in [5.74, 6) is -0.220. The first-order chi connectivity index (χ1) is 10.1. The number of carbonyl (C=O) groups is 1. The Balaban J connectivity index is 3.05. The van der Waals surface area contributed by atoms with Crippen molar-refractivity contribution in [3.05, 3.63) is 35.9 Å². The quantitative estimate of drug-likeness (QED) is 0.710. The predicted octanol–water partition coefficient (Wildman–Crippen LogP) is 2.40. The van der Waals surface area contributed by atoms with Gasteiger partial charge < -0.3 is 15.0 Å². The van der Waals surface area contributed by atoms with E-state index in [2.05, 4.69) is 17.1 Å². The van der Waals surface area contributed by atoms with Gasteiger partial charge in [-0.2, -0.15) is 0 Å². The van der Waals surface area contributed by atoms with Gasteiger partial charge in [0.1, 0.15) is 0 Å². The number of nitrogens with zero attached hydrogens (tertiary/aromatic N) is 1. The molecule has 118 valence electrons. The summed E-state index contributed by atoms with van der Waals surface area (Å²) in [5, 5.41) is 3.21. The summed E-state index contributed by atoms with van der Waals surface area (Å²) in [4.78, 5) is 14.8. The van der Waals surface area contributed by atoms with Crippen molar-refractivity contribution in [3.63, 3.8) is 0 Å². The Kier molecular flexibility index (Phi) is 7.40. The molecule has 0 saturated carbocycles. The first kappa shape index (κ1) is 17.7. The molecule has 0 aliphatic carbocycles. The normalized spacial score (nSPS) is 14.0. The molecular formula is C17H28N2O2. The number of hydrogen-bond donors (Lipinski definition) is 1. The highest BCUT2D eigenvalue weighted by Crippen LogP contribution is 2.24. The van der Waals surface area contributed by atoms with E-state index in [-0.39, 0.29) is 5.97 Å². The van der Waals surface area contributed by atoms with E-state index in [1.54, 1.807) is 0 Å². The van der Waals surface area contributed by atoms with Gasteiger partial charge in [-0.25, -0.2) is 4.79 Å². The van der Waals surface area contributed by atoms with Gasteiger partial charge in [0, 0.05) is 6.54 Å². The third kappa shape index (κ3) is 4.55. The topological polar surface area (TPSA) is 41.6 Å². The zero-order valence-electron chi connectivity index (χ0n) is 13.7. The minimum Gasteiger partial charge on any atom is -0.464 e. The van der Waals surface area contributed by atoms with Crippen LogP contribution in [0.4, 0.5) is 0 Å². The highest BCUT2D eigenvalue weighted by atomic mass is 16.5. The lowest BCUT2D eigenvalue weighted by molar-refractivity contribution is -0.152. The first-order valence-electron chi connectivity index (χ1n) is 7.71. The van der Waals surface area contributed by atoms with E-state index >= 15 is 0 Å². The van der Waals surface area contributed by atoms with E-state index < -0.39 is 5.54 Å². The summed E-state index contributed by atoms with van der Waals surface area (Å²) in [5.41, 5.74) is 0.119. The van der Waals surface area contributed by atoms with Gasteiger partial charge in [0.05, 0.1) is 6.61 Å². The average molecular weight is 292 g/mol. The number of hydrogen-bond acceptors (Lipinski definition) is 4. The molecule has 0 heterocycles. The Morgan fingerprint density at radius 2 is 1.95 bits per heavy atom. The largest absolute Gasteiger partial charge is 0.464 e. The van der Waals surface area contributed by atoms with Crippen LogP contribution in [0.25, 0.3) is 0 Å². The monoisotopic (exact) mass is 292 g/mol. The van der Waals surface area contributed by atoms with Crippen molar-refractivity contribution in [2.24, 2.45) is 0 Å². The maximum Gasteiger partial charge on any atom is 0.332 e. The van der Waals surface area contributed by atoms with E-state index in [1.165, 1.54) is 0 Å². The summed E-state index contributed by atoms with van der Waals surface area (Å²) in [6, 6.07) is 9.80. The zero-order valence-corrected chi connectivity index (χ0v) is 13.7. The fourth-order valence-electron chi connectivity index (χ4n) is 2.49. The fourth-order valence-corrected chi connectivity index (χ4v) is 2.49. The molecule has 1 rings (SSSR count). The van der Waals surface area contributed by atoms with E-state index in [1.807, 2.05) is 51.4 Å². The summed E-state index contributed by atoms with van der Waals surface area (Å²) < 4.78 is 5.33. The molecule has 0 bridgehead atoms. The smallest absolute Gasteiger partial charge is 0.332 e. The van der Waals surface area contributed by atoms with Gasteiger partial charge in [0.2, 0.25) is 0 Å². The molecule has 0 radical (unpaired) electrons. The Morgan fingerprint density at radius 3 is 2.48 bits per heavy atom. The van der Waals surface area contributed by atoms with Crippen molar-refractivity contribution >= 4 is 5.97 Å². The highest BCUT2D eigenvalue weighted by molar-refractivity contribution is 5.83. The predicted molar refractivity (Wildman–Crippen MR) is 86.2 cm³/mol. The van der Waals surface area contributed by atoms with Crippen LogP contribution in [0, 0.1) is 0 Å². The first-order valence-corrected chi connectivity index (χ1v) is 7.71. The van der Waals surface area contributed by atoms with Crippen LogP contribution < -0.4 is 5.32 Å². The fraction of sp³-hybridized carbons (Fsp3) is 0.588. The number of rotatable bonds is 9. The van der Waals surface area contributed by atoms with Gasteiger partial charge in [0.15, 0.2) is 5.54 Å². The van der Waals surface area contributed by atoms with E-state index in [0.717, 1.165) is 24.9 Å². The standard InChI is InChI=1S/C17H28N2O2/c1-5-7-13-19(4)14-17(18-3,16(20)21-6-2)15-11-9-8-10-12-15/h8-12,18H,5-7,13-14H2,1-4H3. The number of nitrogens with one attached hydrogen (secondary N) is 1. The Labute approximate surface area is 128 Å². The van der Waals surface area contributed by atoms with Crippen LogP contribution in [-0.4, -0.2) is 44.7 Å². The van der Waals surface area contributed by atoms with Crippen LogP contribution in [-0.2, 0) is 15.1 Å². The van der Waals surface area contributed by atoms with Crippen molar-refractivity contribution in [2.75, 3.05) is 33.8 Å². The maximum atomic E-state index is 12.6. The van der Waals surface area contributed by atoms with Crippen molar-refractivity contribution < 1.29 is 9.53 Å². The van der Waals surface area contributed by atoms with Gasteiger partial charge in [0.25, 0.3) is 0 Å². The number of ether oxygens (including phenoxy) is 1. The molecule has 0 spiro atoms. The molecule has 0 saturated heterocycles. The lowest BCUT2D eigenvalue weighted by Gasteiger charge is -2.35. The molecule has 0 fully saturated rings. The number of unbranched alkanes of at least 4 members (excludes halogenated alkanes) is 1. The molecule has 0 aliphatic heterocycles. The number of benzene rings is 1. The zero-order chi connectivity index (χ0) is 15.7. The molecule has 4 nitrogen and oxygen atoms in total. The van der Waals surface area contributed by atoms with E-state index in [4.69, 9.17) is 4.74 Å². The van der Waals surface area contributed by atoms with Crippen LogP contribution in [0.3, 0.4) is 0 Å². The van der Waals surface area contributed by atoms with Crippen molar-refractivity contribution in [1.29, 1.82) is 0 Å². The van der Waals surface area contributed by atoms with E-state index in [0.29, 0.717) is 13.2 Å². The van der Waals surface area contributed by atoms with Gasteiger partial charge in [-0.15, -0.1) is 0 Å². The average Bonchev–Trinajstić information content (AvgIpc) is 2.51. The molecule has 0 amide bonds. The van der Waals surface area contributed by atoms with Gasteiger partial charge in [-0.05, 0) is 39.5 Å². The lowest BCUT2D eigenvalue weighted by atomic mass is 9.89. The SMILES string of the molecule is CCCCN(C)CC(NC)(C(=O)OCC)c1ccccc1. The van der Waals surface area contributed by atoms with Crippen LogP contribution in [0.1, 0.15) is 32.3 Å². The number of likely N-dealkylation sites (N-methyl/N-ethyl adjacent to an activating group) is 2. The third-order valence-electron chi connectivity index (χ3n) is 3.72. The van der Waals surface area contributed by atoms with Crippen molar-refractivity contribution in [2.45, 2.75) is 32.2 Å². The van der Waals surface area contributed by atoms with E-state index in [9.17, 15) is 4.79 Å². The van der Waals surface area contributed by atoms with Gasteiger partial charge in [-0.3, -0.25) is 0 Å². The highest BCUT2D eigenvalue weighted by Gasteiger charge is 2.41. The Hall–Kier alpha value is -1.39. The van der Waals surface area contributed by atoms with Crippen molar-refractivity contribution in [3.8, 4) is 0 Å². The second kappa shape index (κ2) is 8.80. The lowest BCUT2D eigenvalue weighted by Crippen LogP contribution is -2.55. The Morgan fingerprint density at radius 1 is 1.29 bits per heavy atom. The molecule has 0 aliphatic rings. The maximum absolute atomic E-state index is 12.6. The minimum absolute atomic E-state index is 0.220. The molecular weight excluding hydrogens is 264 g/mol. The molecule has 4 heteroatoms. The molecule has 1 aromatic rings. The number of esters is 1. The van der Waals surface area contributed by atoms with Crippen LogP contribution in [0.2, 0.25) is 0 Å². The molecule has 1 aromatic carbocycles. The molecule has 1 unspecified atom stereocenters. The summed E-state index contributed by atoms with van der Waals surface area (Å²) in [6.07, 6.45) is 2.26. The molecule has 1 atom stereocenters. The van der Waals surface area contributed by atoms with Crippen LogP contribution >= 0.6 is 0 Å². The molecule has 1 N–H and O–H groups in total. The van der Waals surface area contributed by atoms with Gasteiger partial charge >= 0.3 is 5.97 Å². The van der Waals surface area contributed by atoms with Crippen LogP contribution in [0.5, 0.6) is 0 Å². The molecule has 21 heavy (non-hydrogen) atoms. The molecule has 0 aromatic heterocycles. The summed E-state index contributed by atoms with van der Waals surface area (Å²) >= 11 is 0. The summed E-state index contributed by atoms with van der Waals surface area (Å²) in [7, 11) is 3.86. The second-order valence-corrected chi connectivity index (χ2v) is 5.33. The Bertz CT molecular complexity index is 422. The number of carbonyl (C=O) groups excluding carboxylic acids is 1. The second-order valence-electron chi connectivity index (χ2n) is 5.33. The van der Waals surface area contributed by atoms with Gasteiger partial charge in [-0.1, -0.05) is 43.7 Å². The summed E-state index contributed by atoms with van der Waals surface area (Å²) in [6.45, 7) is 5.94. The minimum atomic E-state index is -0.820.